The predicted molar refractivity (Wildman–Crippen MR) is 429 cm³/mol. The Morgan fingerprint density at radius 2 is 0.767 bits per heavy atom. The number of rotatable bonds is 43. The van der Waals surface area contributed by atoms with E-state index in [9.17, 15) is 89.9 Å². The van der Waals surface area contributed by atoms with Crippen LogP contribution in [0, 0.1) is 59.9 Å². The lowest BCUT2D eigenvalue weighted by atomic mass is 9.92. The topological polar surface area (TPSA) is 456 Å². The number of esters is 2. The molecule has 0 saturated heterocycles. The lowest BCUT2D eigenvalue weighted by molar-refractivity contribution is -0.144. The Hall–Kier alpha value is -12.6. The zero-order valence-corrected chi connectivity index (χ0v) is 68.9. The van der Waals surface area contributed by atoms with E-state index >= 15 is 0 Å². The molecule has 2 heterocycles. The van der Waals surface area contributed by atoms with E-state index in [1.54, 1.807) is 88.4 Å². The first kappa shape index (κ1) is 94.6. The number of benzene rings is 4. The second-order valence-corrected chi connectivity index (χ2v) is 30.8. The maximum atomic E-state index is 14.9. The molecular formula is C85H103F3N12O20. The highest BCUT2D eigenvalue weighted by atomic mass is 19.1. The summed E-state index contributed by atoms with van der Waals surface area (Å²) in [5.41, 5.74) is 1.19. The molecule has 644 valence electrons. The number of nitrogens with one attached hydrogen (secondary N) is 10. The molecule has 1 saturated carbocycles. The van der Waals surface area contributed by atoms with Crippen LogP contribution < -0.4 is 62.6 Å². The van der Waals surface area contributed by atoms with Crippen molar-refractivity contribution in [2.75, 3.05) is 27.4 Å². The molecule has 6 aromatic rings. The van der Waals surface area contributed by atoms with Crippen molar-refractivity contribution in [3.63, 3.8) is 0 Å². The number of pyridine rings is 2. The van der Waals surface area contributed by atoms with Crippen LogP contribution in [-0.2, 0) is 76.6 Å². The van der Waals surface area contributed by atoms with Crippen LogP contribution in [0.15, 0.2) is 109 Å². The van der Waals surface area contributed by atoms with Crippen molar-refractivity contribution in [1.82, 2.24) is 63.1 Å². The van der Waals surface area contributed by atoms with Crippen LogP contribution in [0.25, 0.3) is 21.8 Å². The molecule has 0 aliphatic heterocycles. The molecule has 7 rings (SSSR count). The van der Waals surface area contributed by atoms with E-state index in [1.807, 2.05) is 0 Å². The second-order valence-electron chi connectivity index (χ2n) is 30.8. The number of hydrogen-bond acceptors (Lipinski definition) is 22. The first-order valence-electron chi connectivity index (χ1n) is 39.2. The third-order valence-electron chi connectivity index (χ3n) is 20.2. The molecule has 1 fully saturated rings. The summed E-state index contributed by atoms with van der Waals surface area (Å²) in [7, 11) is 2.05. The Morgan fingerprint density at radius 1 is 0.392 bits per heavy atom. The van der Waals surface area contributed by atoms with Gasteiger partial charge in [-0.25, -0.2) is 23.1 Å². The number of aryl methyl sites for hydroxylation is 1. The van der Waals surface area contributed by atoms with E-state index in [2.05, 4.69) is 67.9 Å². The van der Waals surface area contributed by atoms with E-state index in [4.69, 9.17) is 14.2 Å². The van der Waals surface area contributed by atoms with Gasteiger partial charge in [-0.3, -0.25) is 76.7 Å². The van der Waals surface area contributed by atoms with Crippen molar-refractivity contribution < 1.29 is 109 Å². The molecule has 10 N–H and O–H groups in total. The molecule has 1 aliphatic carbocycles. The number of para-hydroxylation sites is 4. The number of aromatic nitrogens is 2. The fourth-order valence-corrected chi connectivity index (χ4v) is 13.2. The zero-order valence-electron chi connectivity index (χ0n) is 68.9. The van der Waals surface area contributed by atoms with Gasteiger partial charge in [0.25, 0.3) is 11.8 Å². The number of ether oxygens (including phenoxy) is 4. The fraction of sp³-hybridized carbons (Fsp3) is 0.459. The van der Waals surface area contributed by atoms with Gasteiger partial charge >= 0.3 is 11.9 Å². The maximum absolute atomic E-state index is 14.9. The van der Waals surface area contributed by atoms with E-state index in [0.717, 1.165) is 49.3 Å². The van der Waals surface area contributed by atoms with Crippen molar-refractivity contribution in [2.45, 2.75) is 188 Å². The highest BCUT2D eigenvalue weighted by Gasteiger charge is 2.41. The molecular weight excluding hydrogens is 1570 g/mol. The van der Waals surface area contributed by atoms with Gasteiger partial charge in [-0.05, 0) is 118 Å². The first-order chi connectivity index (χ1) is 56.8. The van der Waals surface area contributed by atoms with E-state index < -0.39 is 252 Å². The Labute approximate surface area is 691 Å². The van der Waals surface area contributed by atoms with Crippen LogP contribution in [-0.4, -0.2) is 192 Å². The minimum atomic E-state index is -1.80. The van der Waals surface area contributed by atoms with Crippen LogP contribution in [0.5, 0.6) is 11.5 Å². The average Bonchev–Trinajstić information content (AvgIpc) is 1.16. The van der Waals surface area contributed by atoms with Crippen LogP contribution in [0.3, 0.4) is 0 Å². The number of carbonyl (C=O) groups excluding carboxylic acids is 16. The van der Waals surface area contributed by atoms with Gasteiger partial charge in [-0.2, -0.15) is 0 Å². The Kier molecular flexibility index (Phi) is 34.9. The number of methoxy groups -OCH3 is 2. The Bertz CT molecular complexity index is 4770. The van der Waals surface area contributed by atoms with Crippen molar-refractivity contribution in [1.29, 1.82) is 0 Å². The molecule has 1 aliphatic rings. The van der Waals surface area contributed by atoms with Gasteiger partial charge in [-0.15, -0.1) is 0 Å². The summed E-state index contributed by atoms with van der Waals surface area (Å²) in [5, 5.41) is 26.8. The summed E-state index contributed by atoms with van der Waals surface area (Å²) in [6.07, 6.45) is -2.92. The van der Waals surface area contributed by atoms with E-state index in [1.165, 1.54) is 72.7 Å². The fourth-order valence-electron chi connectivity index (χ4n) is 13.2. The van der Waals surface area contributed by atoms with E-state index in [-0.39, 0.29) is 42.8 Å². The summed E-state index contributed by atoms with van der Waals surface area (Å²) < 4.78 is 63.4. The molecule has 35 heteroatoms. The molecule has 120 heavy (non-hydrogen) atoms. The molecule has 4 aromatic carbocycles. The zero-order chi connectivity index (χ0) is 88.5. The Morgan fingerprint density at radius 3 is 1.18 bits per heavy atom. The van der Waals surface area contributed by atoms with Gasteiger partial charge in [0.2, 0.25) is 47.3 Å². The first-order valence-corrected chi connectivity index (χ1v) is 39.2. The van der Waals surface area contributed by atoms with E-state index in [0.29, 0.717) is 16.6 Å². The molecule has 2 aromatic heterocycles. The van der Waals surface area contributed by atoms with Crippen molar-refractivity contribution in [2.24, 2.45) is 35.5 Å². The molecule has 0 bridgehead atoms. The minimum absolute atomic E-state index is 0.00406. The molecule has 4 unspecified atom stereocenters. The number of halogens is 3. The largest absolute Gasteiger partial charge is 0.482 e. The molecule has 10 amide bonds. The van der Waals surface area contributed by atoms with Crippen molar-refractivity contribution in [3.05, 3.63) is 144 Å². The maximum Gasteiger partial charge on any atom is 0.308 e. The van der Waals surface area contributed by atoms with Crippen molar-refractivity contribution >= 4 is 116 Å². The predicted octanol–water partition coefficient (Wildman–Crippen LogP) is 5.10. The van der Waals surface area contributed by atoms with Crippen LogP contribution in [0.4, 0.5) is 13.2 Å². The second kappa shape index (κ2) is 44.3. The van der Waals surface area contributed by atoms with Gasteiger partial charge in [0, 0.05) is 36.0 Å². The smallest absolute Gasteiger partial charge is 0.308 e. The van der Waals surface area contributed by atoms with Crippen LogP contribution in [0.2, 0.25) is 0 Å². The normalized spacial score (nSPS) is 15.6. The summed E-state index contributed by atoms with van der Waals surface area (Å²) in [6, 6.07) is 11.3. The SMILES string of the molecule is COC(=O)CC(NC(=O)[C@H](C)NC(=O)[C@@H](NC(=O)[C@H](CC(=O)CC1CCC(C(=O)C[C@H](NC(=O)[C@@H](NC(=O)c2ccc3ccccc3n2)C(C)C)C(=O)N[C@H](C(=O)N[C@@H](C)C(=O)NC(CC(=O)OC)C(=O)COc2c(F)cccc2F)C(C)C)C1)NC(=O)[C@@H](NC(=O)c1ccc2ccccc2n1)C(C)C)C(C)C)C(=O)COc1c(C)cccc1F. The third-order valence-corrected chi connectivity index (χ3v) is 20.2. The molecule has 12 atom stereocenters. The lowest BCUT2D eigenvalue weighted by Gasteiger charge is -2.28. The van der Waals surface area contributed by atoms with Gasteiger partial charge < -0.3 is 72.1 Å². The Balaban J connectivity index is 1.09. The van der Waals surface area contributed by atoms with Crippen LogP contribution in [0.1, 0.15) is 147 Å². The van der Waals surface area contributed by atoms with Gasteiger partial charge in [0.15, 0.2) is 40.5 Å². The summed E-state index contributed by atoms with van der Waals surface area (Å²) in [6.45, 7) is 14.7. The standard InChI is InChI=1S/C85H103F3N12O20/c1-42(2)70(82(113)89-47(10)76(107)93-61(38-68(105)117-12)66(103)40-119-74-46(9)20-18-23-54(74)86)99-80(111)63(95-84(115)72(44(5)6)97-78(109)59-32-30-50-21-14-16-26-57(50)91-59)36-53(101)35-49-28-29-52(34-49)65(102)37-64(96-85(116)73(45(7)8)98-79(110)60-33-31-51-22-15-17-27-58(51)92-60)81(112)100-71(43(3)4)83(114)90-48(11)77(108)94-62(39-69(106)118-13)67(104)41-120-75-55(87)24-19-25-56(75)88/h14-27,30-33,42-45,47-49,52,61-64,70-73H,28-29,34-41H2,1-13H3,(H,89,113)(H,90,114)(H,93,107)(H,94,108)(H,95,115)(H,96,116)(H,97,109)(H,98,110)(H,99,111)(H,100,112)/t47-,48-,49?,52?,61?,62?,63-,64-,70-,71-,72-,73-/m0/s1. The monoisotopic (exact) mass is 1670 g/mol. The number of nitrogens with zero attached hydrogens (tertiary/aromatic N) is 2. The number of Topliss-reactive ketones (excluding diaryl/α,β-unsaturated/α-hetero) is 4. The van der Waals surface area contributed by atoms with Gasteiger partial charge in [0.1, 0.15) is 96.6 Å². The number of hydrogen-bond donors (Lipinski definition) is 10. The highest BCUT2D eigenvalue weighted by Crippen LogP contribution is 2.35. The quantitative estimate of drug-likeness (QED) is 0.0223. The van der Waals surface area contributed by atoms with Gasteiger partial charge in [0.05, 0.1) is 38.1 Å². The lowest BCUT2D eigenvalue weighted by Crippen LogP contribution is -2.60. The number of ketones is 4. The average molecular weight is 1670 g/mol. The molecule has 0 spiro atoms. The summed E-state index contributed by atoms with van der Waals surface area (Å²) in [4.78, 5) is 233. The van der Waals surface area contributed by atoms with Crippen molar-refractivity contribution in [3.8, 4) is 11.5 Å². The number of amides is 10. The molecule has 32 nitrogen and oxygen atoms in total. The third kappa shape index (κ3) is 27.0. The summed E-state index contributed by atoms with van der Waals surface area (Å²) in [5.74, 6) is -23.3. The summed E-state index contributed by atoms with van der Waals surface area (Å²) >= 11 is 0. The van der Waals surface area contributed by atoms with Gasteiger partial charge in [-0.1, -0.05) is 122 Å². The van der Waals surface area contributed by atoms with Crippen LogP contribution >= 0.6 is 0 Å². The highest BCUT2D eigenvalue weighted by molar-refractivity contribution is 6.04. The molecule has 0 radical (unpaired) electrons. The number of fused-ring (bicyclic) bond motifs is 2. The number of carbonyl (C=O) groups is 16. The minimum Gasteiger partial charge on any atom is -0.482 e.